The smallest absolute Gasteiger partial charge is 0.0541 e. The van der Waals surface area contributed by atoms with E-state index in [1.165, 1.54) is 87.5 Å². The van der Waals surface area contributed by atoms with Crippen molar-refractivity contribution in [3.8, 4) is 39.1 Å². The van der Waals surface area contributed by atoms with Gasteiger partial charge in [-0.05, 0) is 151 Å². The molecule has 1 heterocycles. The third-order valence-electron chi connectivity index (χ3n) is 12.5. The number of fused-ring (bicyclic) bond motifs is 6. The first-order valence-electron chi connectivity index (χ1n) is 21.3. The number of benzene rings is 11. The second-order valence-corrected chi connectivity index (χ2v) is 16.2. The molecule has 2 heteroatoms. The zero-order valence-corrected chi connectivity index (χ0v) is 34.0. The van der Waals surface area contributed by atoms with E-state index in [0.717, 1.165) is 22.7 Å². The van der Waals surface area contributed by atoms with Gasteiger partial charge in [-0.25, -0.2) is 0 Å². The van der Waals surface area contributed by atoms with Gasteiger partial charge in [0.1, 0.15) is 0 Å². The fraction of sp³-hybridized carbons (Fsp3) is 0. The van der Waals surface area contributed by atoms with Crippen LogP contribution in [0.25, 0.3) is 93.2 Å². The van der Waals surface area contributed by atoms with Crippen molar-refractivity contribution in [2.24, 2.45) is 0 Å². The third-order valence-corrected chi connectivity index (χ3v) is 12.5. The number of anilines is 3. The molecule has 0 N–H and O–H groups in total. The number of hydrogen-bond donors (Lipinski definition) is 0. The van der Waals surface area contributed by atoms with Crippen LogP contribution in [0.15, 0.2) is 243 Å². The number of aromatic nitrogens is 1. The quantitative estimate of drug-likeness (QED) is 0.146. The minimum atomic E-state index is 1.09. The highest BCUT2D eigenvalue weighted by Crippen LogP contribution is 2.39. The summed E-state index contributed by atoms with van der Waals surface area (Å²) in [5, 5.41) is 10.1. The fourth-order valence-electron chi connectivity index (χ4n) is 9.37. The van der Waals surface area contributed by atoms with Gasteiger partial charge in [-0.15, -0.1) is 0 Å². The molecule has 0 bridgehead atoms. The summed E-state index contributed by atoms with van der Waals surface area (Å²) in [5.41, 5.74) is 14.0. The van der Waals surface area contributed by atoms with E-state index in [2.05, 4.69) is 252 Å². The highest BCUT2D eigenvalue weighted by Gasteiger charge is 2.16. The Labute approximate surface area is 360 Å². The predicted molar refractivity (Wildman–Crippen MR) is 264 cm³/mol. The van der Waals surface area contributed by atoms with Crippen molar-refractivity contribution in [2.75, 3.05) is 4.90 Å². The van der Waals surface area contributed by atoms with E-state index in [4.69, 9.17) is 0 Å². The van der Waals surface area contributed by atoms with Crippen LogP contribution in [0.3, 0.4) is 0 Å². The van der Waals surface area contributed by atoms with Crippen LogP contribution >= 0.6 is 0 Å². The second-order valence-electron chi connectivity index (χ2n) is 16.2. The average Bonchev–Trinajstić information content (AvgIpc) is 3.68. The highest BCUT2D eigenvalue weighted by atomic mass is 15.1. The van der Waals surface area contributed by atoms with Crippen molar-refractivity contribution in [1.82, 2.24) is 4.57 Å². The molecular formula is C60H40N2. The molecule has 0 fully saturated rings. The maximum Gasteiger partial charge on any atom is 0.0541 e. The van der Waals surface area contributed by atoms with Crippen LogP contribution in [0.2, 0.25) is 0 Å². The van der Waals surface area contributed by atoms with Crippen LogP contribution < -0.4 is 4.90 Å². The molecule has 0 atom stereocenters. The van der Waals surface area contributed by atoms with E-state index in [1.54, 1.807) is 0 Å². The Morgan fingerprint density at radius 1 is 0.242 bits per heavy atom. The van der Waals surface area contributed by atoms with Gasteiger partial charge < -0.3 is 9.47 Å². The fourth-order valence-corrected chi connectivity index (χ4v) is 9.37. The van der Waals surface area contributed by atoms with Crippen LogP contribution in [0.1, 0.15) is 0 Å². The molecule has 2 nitrogen and oxygen atoms in total. The van der Waals surface area contributed by atoms with Gasteiger partial charge in [0.05, 0.1) is 11.0 Å². The predicted octanol–water partition coefficient (Wildman–Crippen LogP) is 16.7. The number of nitrogens with zero attached hydrogens (tertiary/aromatic N) is 2. The summed E-state index contributed by atoms with van der Waals surface area (Å²) in [6, 6.07) is 88.5. The summed E-state index contributed by atoms with van der Waals surface area (Å²) in [4.78, 5) is 2.36. The maximum absolute atomic E-state index is 2.38. The third kappa shape index (κ3) is 6.29. The molecule has 0 saturated heterocycles. The minimum absolute atomic E-state index is 1.09. The summed E-state index contributed by atoms with van der Waals surface area (Å²) in [6.07, 6.45) is 0. The van der Waals surface area contributed by atoms with Gasteiger partial charge in [-0.1, -0.05) is 158 Å². The lowest BCUT2D eigenvalue weighted by Crippen LogP contribution is -2.09. The van der Waals surface area contributed by atoms with Crippen molar-refractivity contribution in [1.29, 1.82) is 0 Å². The molecule has 0 spiro atoms. The zero-order valence-electron chi connectivity index (χ0n) is 34.0. The first-order chi connectivity index (χ1) is 30.7. The van der Waals surface area contributed by atoms with Crippen LogP contribution in [0.4, 0.5) is 17.1 Å². The Bertz CT molecular complexity index is 3560. The molecule has 0 saturated carbocycles. The SMILES string of the molecule is c1cc(-c2ccc(N(c3ccc(-c4ccc5ccccc5c4)cc3)c3ccc(-c4ccc5cc6ccccc6cc5c4)cc3)cc2)cc(-n2c3ccccc3c3ccccc32)c1. The molecular weight excluding hydrogens is 749 g/mol. The summed E-state index contributed by atoms with van der Waals surface area (Å²) in [5.74, 6) is 0. The Balaban J connectivity index is 0.910. The topological polar surface area (TPSA) is 8.17 Å². The summed E-state index contributed by atoms with van der Waals surface area (Å²) in [6.45, 7) is 0. The number of rotatable bonds is 7. The number of hydrogen-bond acceptors (Lipinski definition) is 1. The lowest BCUT2D eigenvalue weighted by molar-refractivity contribution is 1.18. The molecule has 290 valence electrons. The average molecular weight is 789 g/mol. The van der Waals surface area contributed by atoms with Gasteiger partial charge in [0.25, 0.3) is 0 Å². The van der Waals surface area contributed by atoms with Crippen LogP contribution in [-0.4, -0.2) is 4.57 Å². The Morgan fingerprint density at radius 3 is 1.18 bits per heavy atom. The Kier molecular flexibility index (Phi) is 8.53. The zero-order chi connectivity index (χ0) is 41.0. The minimum Gasteiger partial charge on any atom is -0.311 e. The van der Waals surface area contributed by atoms with E-state index >= 15 is 0 Å². The molecule has 12 rings (SSSR count). The second kappa shape index (κ2) is 14.8. The van der Waals surface area contributed by atoms with Gasteiger partial charge in [-0.2, -0.15) is 0 Å². The summed E-state index contributed by atoms with van der Waals surface area (Å²) in [7, 11) is 0. The molecule has 62 heavy (non-hydrogen) atoms. The summed E-state index contributed by atoms with van der Waals surface area (Å²) < 4.78 is 2.38. The van der Waals surface area contributed by atoms with Crippen LogP contribution in [-0.2, 0) is 0 Å². The molecule has 0 amide bonds. The van der Waals surface area contributed by atoms with Gasteiger partial charge in [-0.3, -0.25) is 0 Å². The lowest BCUT2D eigenvalue weighted by Gasteiger charge is -2.26. The van der Waals surface area contributed by atoms with Crippen molar-refractivity contribution >= 4 is 71.2 Å². The Hall–Kier alpha value is -8.20. The van der Waals surface area contributed by atoms with E-state index in [0.29, 0.717) is 0 Å². The van der Waals surface area contributed by atoms with Gasteiger partial charge in [0.15, 0.2) is 0 Å². The van der Waals surface area contributed by atoms with Crippen molar-refractivity contribution in [3.05, 3.63) is 243 Å². The van der Waals surface area contributed by atoms with Gasteiger partial charge >= 0.3 is 0 Å². The molecule has 0 aliphatic rings. The van der Waals surface area contributed by atoms with Gasteiger partial charge in [0.2, 0.25) is 0 Å². The van der Waals surface area contributed by atoms with Crippen molar-refractivity contribution < 1.29 is 0 Å². The van der Waals surface area contributed by atoms with Crippen molar-refractivity contribution in [2.45, 2.75) is 0 Å². The standard InChI is InChI=1S/C60H40N2/c1-2-11-45-36-49(21-20-41(45)10-1)43-26-32-54(33-27-43)61(55-34-28-44(29-35-55)50-22-23-51-37-46-12-3-4-13-47(46)38-52(51)39-50)53-30-24-42(25-31-53)48-14-9-15-56(40-48)62-59-18-7-5-16-57(59)58-17-6-8-19-60(58)62/h1-40H. The van der Waals surface area contributed by atoms with Gasteiger partial charge in [0, 0.05) is 33.5 Å². The van der Waals surface area contributed by atoms with E-state index in [9.17, 15) is 0 Å². The largest absolute Gasteiger partial charge is 0.311 e. The van der Waals surface area contributed by atoms with E-state index in [-0.39, 0.29) is 0 Å². The lowest BCUT2D eigenvalue weighted by atomic mass is 9.98. The molecule has 0 aliphatic heterocycles. The molecule has 0 aliphatic carbocycles. The first kappa shape index (κ1) is 35.7. The number of para-hydroxylation sites is 2. The van der Waals surface area contributed by atoms with Crippen molar-refractivity contribution in [3.63, 3.8) is 0 Å². The highest BCUT2D eigenvalue weighted by molar-refractivity contribution is 6.09. The first-order valence-corrected chi connectivity index (χ1v) is 21.3. The monoisotopic (exact) mass is 788 g/mol. The molecule has 12 aromatic rings. The van der Waals surface area contributed by atoms with Crippen LogP contribution in [0.5, 0.6) is 0 Å². The molecule has 0 radical (unpaired) electrons. The summed E-state index contributed by atoms with van der Waals surface area (Å²) >= 11 is 0. The molecule has 0 unspecified atom stereocenters. The Morgan fingerprint density at radius 2 is 0.629 bits per heavy atom. The van der Waals surface area contributed by atoms with E-state index in [1.807, 2.05) is 0 Å². The van der Waals surface area contributed by atoms with E-state index < -0.39 is 0 Å². The van der Waals surface area contributed by atoms with Crippen LogP contribution in [0, 0.1) is 0 Å². The molecule has 11 aromatic carbocycles. The maximum atomic E-state index is 2.38. The normalized spacial score (nSPS) is 11.5. The molecule has 1 aromatic heterocycles.